The van der Waals surface area contributed by atoms with Crippen molar-refractivity contribution in [1.82, 2.24) is 10.5 Å². The van der Waals surface area contributed by atoms with Gasteiger partial charge in [0.1, 0.15) is 5.69 Å². The number of aromatic amines is 1. The summed E-state index contributed by atoms with van der Waals surface area (Å²) in [6.07, 6.45) is 1.64. The number of aryl methyl sites for hydroxylation is 1. The Hall–Kier alpha value is -1.29. The second-order valence-electron chi connectivity index (χ2n) is 1.98. The fraction of sp³-hybridized carbons (Fsp3) is 0.167. The second-order valence-corrected chi connectivity index (χ2v) is 1.98. The van der Waals surface area contributed by atoms with E-state index in [2.05, 4.69) is 4.98 Å². The lowest BCUT2D eigenvalue weighted by atomic mass is 10.3. The minimum atomic E-state index is -0.512. The van der Waals surface area contributed by atoms with E-state index < -0.39 is 5.91 Å². The Kier molecular flexibility index (Phi) is 1.73. The maximum absolute atomic E-state index is 10.7. The summed E-state index contributed by atoms with van der Waals surface area (Å²) in [5, 5.41) is 8.21. The zero-order chi connectivity index (χ0) is 7.56. The molecule has 54 valence electrons. The molecule has 0 saturated carbocycles. The van der Waals surface area contributed by atoms with Crippen LogP contribution in [0.15, 0.2) is 12.3 Å². The highest BCUT2D eigenvalue weighted by atomic mass is 16.5. The maximum Gasteiger partial charge on any atom is 0.291 e. The zero-order valence-electron chi connectivity index (χ0n) is 5.51. The van der Waals surface area contributed by atoms with Crippen molar-refractivity contribution >= 4 is 5.91 Å². The number of hydroxylamine groups is 1. The Morgan fingerprint density at radius 1 is 1.80 bits per heavy atom. The van der Waals surface area contributed by atoms with E-state index in [0.717, 1.165) is 5.56 Å². The van der Waals surface area contributed by atoms with Gasteiger partial charge in [-0.2, -0.15) is 0 Å². The summed E-state index contributed by atoms with van der Waals surface area (Å²) in [5.74, 6) is -0.512. The molecule has 4 nitrogen and oxygen atoms in total. The predicted molar refractivity (Wildman–Crippen MR) is 34.8 cm³/mol. The van der Waals surface area contributed by atoms with Crippen LogP contribution in [-0.2, 0) is 0 Å². The van der Waals surface area contributed by atoms with Gasteiger partial charge in [-0.05, 0) is 18.6 Å². The molecule has 1 amide bonds. The molecule has 3 N–H and O–H groups in total. The van der Waals surface area contributed by atoms with Crippen LogP contribution in [0.3, 0.4) is 0 Å². The molecule has 10 heavy (non-hydrogen) atoms. The minimum Gasteiger partial charge on any atom is -0.357 e. The molecule has 0 radical (unpaired) electrons. The van der Waals surface area contributed by atoms with Gasteiger partial charge in [0.2, 0.25) is 0 Å². The molecular formula is C6H8N2O2. The third kappa shape index (κ3) is 1.01. The number of hydrogen-bond acceptors (Lipinski definition) is 2. The van der Waals surface area contributed by atoms with Gasteiger partial charge in [-0.3, -0.25) is 10.0 Å². The van der Waals surface area contributed by atoms with Crippen molar-refractivity contribution in [3.63, 3.8) is 0 Å². The number of hydrogen-bond donors (Lipinski definition) is 3. The van der Waals surface area contributed by atoms with E-state index in [0.29, 0.717) is 5.69 Å². The minimum absolute atomic E-state index is 0.391. The van der Waals surface area contributed by atoms with E-state index in [1.54, 1.807) is 19.2 Å². The standard InChI is InChI=1S/C6H8N2O2/c1-4-2-3-7-5(4)6(9)8-10/h2-3,7,10H,1H3,(H,8,9). The summed E-state index contributed by atoms with van der Waals surface area (Å²) in [4.78, 5) is 13.4. The molecule has 1 heterocycles. The Morgan fingerprint density at radius 3 is 2.90 bits per heavy atom. The van der Waals surface area contributed by atoms with Gasteiger partial charge in [0.15, 0.2) is 0 Å². The van der Waals surface area contributed by atoms with Gasteiger partial charge in [0, 0.05) is 6.20 Å². The van der Waals surface area contributed by atoms with Crippen molar-refractivity contribution in [2.24, 2.45) is 0 Å². The first kappa shape index (κ1) is 6.82. The number of rotatable bonds is 1. The van der Waals surface area contributed by atoms with Crippen LogP contribution in [0, 0.1) is 6.92 Å². The normalized spacial score (nSPS) is 9.40. The third-order valence-electron chi connectivity index (χ3n) is 1.28. The van der Waals surface area contributed by atoms with Gasteiger partial charge in [0.05, 0.1) is 0 Å². The van der Waals surface area contributed by atoms with Crippen LogP contribution < -0.4 is 5.48 Å². The van der Waals surface area contributed by atoms with Crippen LogP contribution in [0.25, 0.3) is 0 Å². The highest BCUT2D eigenvalue weighted by molar-refractivity contribution is 5.92. The molecule has 1 aromatic rings. The van der Waals surface area contributed by atoms with E-state index in [9.17, 15) is 4.79 Å². The quantitative estimate of drug-likeness (QED) is 0.391. The molecular weight excluding hydrogens is 132 g/mol. The lowest BCUT2D eigenvalue weighted by Gasteiger charge is -1.94. The van der Waals surface area contributed by atoms with Crippen molar-refractivity contribution in [1.29, 1.82) is 0 Å². The number of carbonyl (C=O) groups is 1. The number of carbonyl (C=O) groups excluding carboxylic acids is 1. The predicted octanol–water partition coefficient (Wildman–Crippen LogP) is 0.442. The molecule has 0 aliphatic rings. The number of H-pyrrole nitrogens is 1. The molecule has 1 aromatic heterocycles. The van der Waals surface area contributed by atoms with Crippen molar-refractivity contribution in [3.8, 4) is 0 Å². The first-order valence-corrected chi connectivity index (χ1v) is 2.84. The Morgan fingerprint density at radius 2 is 2.50 bits per heavy atom. The van der Waals surface area contributed by atoms with E-state index >= 15 is 0 Å². The monoisotopic (exact) mass is 140 g/mol. The van der Waals surface area contributed by atoms with Gasteiger partial charge >= 0.3 is 0 Å². The second kappa shape index (κ2) is 2.53. The fourth-order valence-corrected chi connectivity index (χ4v) is 0.748. The van der Waals surface area contributed by atoms with Crippen molar-refractivity contribution in [2.75, 3.05) is 0 Å². The first-order valence-electron chi connectivity index (χ1n) is 2.84. The van der Waals surface area contributed by atoms with Crippen LogP contribution in [-0.4, -0.2) is 16.1 Å². The summed E-state index contributed by atoms with van der Waals surface area (Å²) in [6.45, 7) is 1.78. The molecule has 0 unspecified atom stereocenters. The molecule has 0 bridgehead atoms. The van der Waals surface area contributed by atoms with E-state index in [4.69, 9.17) is 5.21 Å². The molecule has 4 heteroatoms. The molecule has 0 saturated heterocycles. The van der Waals surface area contributed by atoms with Crippen LogP contribution in [0.4, 0.5) is 0 Å². The summed E-state index contributed by atoms with van der Waals surface area (Å²) in [7, 11) is 0. The number of amides is 1. The van der Waals surface area contributed by atoms with Crippen molar-refractivity contribution in [3.05, 3.63) is 23.5 Å². The molecule has 0 aliphatic carbocycles. The van der Waals surface area contributed by atoms with E-state index in [1.165, 1.54) is 5.48 Å². The highest BCUT2D eigenvalue weighted by Gasteiger charge is 2.06. The molecule has 0 aliphatic heterocycles. The lowest BCUT2D eigenvalue weighted by molar-refractivity contribution is 0.0700. The molecule has 0 atom stereocenters. The average Bonchev–Trinajstić information content (AvgIpc) is 2.34. The van der Waals surface area contributed by atoms with E-state index in [1.807, 2.05) is 0 Å². The fourth-order valence-electron chi connectivity index (χ4n) is 0.748. The third-order valence-corrected chi connectivity index (χ3v) is 1.28. The summed E-state index contributed by atoms with van der Waals surface area (Å²) < 4.78 is 0. The molecule has 0 fully saturated rings. The van der Waals surface area contributed by atoms with Crippen LogP contribution in [0.5, 0.6) is 0 Å². The van der Waals surface area contributed by atoms with Crippen molar-refractivity contribution < 1.29 is 10.0 Å². The van der Waals surface area contributed by atoms with Gasteiger partial charge in [0.25, 0.3) is 5.91 Å². The topological polar surface area (TPSA) is 65.1 Å². The Labute approximate surface area is 57.8 Å². The Bertz CT molecular complexity index is 242. The average molecular weight is 140 g/mol. The van der Waals surface area contributed by atoms with Crippen LogP contribution >= 0.6 is 0 Å². The SMILES string of the molecule is Cc1cc[nH]c1C(=O)NO. The van der Waals surface area contributed by atoms with Crippen LogP contribution in [0.2, 0.25) is 0 Å². The Balaban J connectivity index is 2.93. The smallest absolute Gasteiger partial charge is 0.291 e. The molecule has 0 spiro atoms. The maximum atomic E-state index is 10.7. The van der Waals surface area contributed by atoms with Crippen LogP contribution in [0.1, 0.15) is 16.1 Å². The van der Waals surface area contributed by atoms with E-state index in [-0.39, 0.29) is 0 Å². The summed E-state index contributed by atoms with van der Waals surface area (Å²) in [5.41, 5.74) is 2.74. The first-order chi connectivity index (χ1) is 4.75. The summed E-state index contributed by atoms with van der Waals surface area (Å²) >= 11 is 0. The summed E-state index contributed by atoms with van der Waals surface area (Å²) in [6, 6.07) is 1.75. The zero-order valence-corrected chi connectivity index (χ0v) is 5.51. The number of aromatic nitrogens is 1. The molecule has 0 aromatic carbocycles. The van der Waals surface area contributed by atoms with Gasteiger partial charge in [-0.1, -0.05) is 0 Å². The highest BCUT2D eigenvalue weighted by Crippen LogP contribution is 2.02. The lowest BCUT2D eigenvalue weighted by Crippen LogP contribution is -2.19. The van der Waals surface area contributed by atoms with Gasteiger partial charge < -0.3 is 4.98 Å². The van der Waals surface area contributed by atoms with Gasteiger partial charge in [-0.25, -0.2) is 5.48 Å². The number of nitrogens with one attached hydrogen (secondary N) is 2. The van der Waals surface area contributed by atoms with Gasteiger partial charge in [-0.15, -0.1) is 0 Å². The molecule has 1 rings (SSSR count). The van der Waals surface area contributed by atoms with Crippen molar-refractivity contribution in [2.45, 2.75) is 6.92 Å². The largest absolute Gasteiger partial charge is 0.357 e.